The molecule has 5 heteroatoms. The number of rotatable bonds is 6. The highest BCUT2D eigenvalue weighted by atomic mass is 16.5. The molecule has 0 radical (unpaired) electrons. The van der Waals surface area contributed by atoms with E-state index < -0.39 is 0 Å². The molecule has 1 aliphatic carbocycles. The van der Waals surface area contributed by atoms with Crippen LogP contribution in [0.2, 0.25) is 0 Å². The van der Waals surface area contributed by atoms with E-state index in [1.807, 2.05) is 31.2 Å². The highest BCUT2D eigenvalue weighted by molar-refractivity contribution is 5.73. The van der Waals surface area contributed by atoms with Crippen molar-refractivity contribution in [1.82, 2.24) is 10.2 Å². The molecule has 1 aromatic rings. The summed E-state index contributed by atoms with van der Waals surface area (Å²) in [6.07, 6.45) is 2.63. The fourth-order valence-corrected chi connectivity index (χ4v) is 2.89. The average molecular weight is 306 g/mol. The Balaban J connectivity index is 1.80. The second kappa shape index (κ2) is 8.03. The molecule has 0 aliphatic heterocycles. The van der Waals surface area contributed by atoms with Crippen molar-refractivity contribution in [3.05, 3.63) is 29.8 Å². The van der Waals surface area contributed by atoms with Gasteiger partial charge in [-0.05, 0) is 37.5 Å². The van der Waals surface area contributed by atoms with Crippen molar-refractivity contribution in [3.63, 3.8) is 0 Å². The van der Waals surface area contributed by atoms with Crippen LogP contribution in [-0.2, 0) is 6.54 Å². The van der Waals surface area contributed by atoms with Gasteiger partial charge in [0.2, 0.25) is 0 Å². The van der Waals surface area contributed by atoms with Crippen molar-refractivity contribution in [2.24, 2.45) is 5.92 Å². The summed E-state index contributed by atoms with van der Waals surface area (Å²) < 4.78 is 5.45. The molecule has 0 saturated heterocycles. The monoisotopic (exact) mass is 306 g/mol. The summed E-state index contributed by atoms with van der Waals surface area (Å²) in [4.78, 5) is 13.8. The lowest BCUT2D eigenvalue weighted by Crippen LogP contribution is -2.40. The normalized spacial score (nSPS) is 20.7. The zero-order chi connectivity index (χ0) is 15.9. The van der Waals surface area contributed by atoms with Crippen LogP contribution in [0.4, 0.5) is 4.79 Å². The Morgan fingerprint density at radius 2 is 2.27 bits per heavy atom. The van der Waals surface area contributed by atoms with Gasteiger partial charge < -0.3 is 20.1 Å². The van der Waals surface area contributed by atoms with E-state index in [9.17, 15) is 9.90 Å². The number of hydrogen-bond acceptors (Lipinski definition) is 3. The van der Waals surface area contributed by atoms with Crippen molar-refractivity contribution >= 4 is 6.03 Å². The molecule has 0 heterocycles. The largest absolute Gasteiger partial charge is 0.494 e. The van der Waals surface area contributed by atoms with Gasteiger partial charge in [0.05, 0.1) is 12.7 Å². The minimum absolute atomic E-state index is 0.110. The van der Waals surface area contributed by atoms with Crippen molar-refractivity contribution in [2.45, 2.75) is 38.8 Å². The van der Waals surface area contributed by atoms with Crippen molar-refractivity contribution < 1.29 is 14.6 Å². The van der Waals surface area contributed by atoms with E-state index in [0.717, 1.165) is 30.6 Å². The molecule has 2 unspecified atom stereocenters. The second-order valence-corrected chi connectivity index (χ2v) is 5.88. The molecule has 2 rings (SSSR count). The predicted octanol–water partition coefficient (Wildman–Crippen LogP) is 2.39. The zero-order valence-electron chi connectivity index (χ0n) is 13.4. The molecule has 1 aromatic carbocycles. The number of amides is 2. The van der Waals surface area contributed by atoms with Gasteiger partial charge in [-0.3, -0.25) is 0 Å². The maximum Gasteiger partial charge on any atom is 0.317 e. The molecule has 122 valence electrons. The Morgan fingerprint density at radius 3 is 2.95 bits per heavy atom. The Kier molecular flexibility index (Phi) is 6.07. The third kappa shape index (κ3) is 4.63. The number of urea groups is 1. The summed E-state index contributed by atoms with van der Waals surface area (Å²) in [5.41, 5.74) is 1.01. The Hall–Kier alpha value is -1.75. The molecule has 1 aliphatic rings. The number of aliphatic hydroxyl groups is 1. The van der Waals surface area contributed by atoms with Gasteiger partial charge in [0.15, 0.2) is 0 Å². The van der Waals surface area contributed by atoms with Gasteiger partial charge in [-0.2, -0.15) is 0 Å². The first-order valence-corrected chi connectivity index (χ1v) is 7.99. The summed E-state index contributed by atoms with van der Waals surface area (Å²) in [6, 6.07) is 7.61. The summed E-state index contributed by atoms with van der Waals surface area (Å²) in [7, 11) is 1.77. The maximum absolute atomic E-state index is 12.1. The Morgan fingerprint density at radius 1 is 1.45 bits per heavy atom. The van der Waals surface area contributed by atoms with Crippen LogP contribution in [0.1, 0.15) is 31.7 Å². The molecule has 2 N–H and O–H groups in total. The molecule has 2 amide bonds. The molecule has 2 atom stereocenters. The fraction of sp³-hybridized carbons (Fsp3) is 0.588. The van der Waals surface area contributed by atoms with E-state index in [-0.39, 0.29) is 18.1 Å². The molecule has 22 heavy (non-hydrogen) atoms. The van der Waals surface area contributed by atoms with Crippen LogP contribution >= 0.6 is 0 Å². The lowest BCUT2D eigenvalue weighted by molar-refractivity contribution is 0.114. The van der Waals surface area contributed by atoms with Crippen LogP contribution in [0, 0.1) is 5.92 Å². The van der Waals surface area contributed by atoms with Gasteiger partial charge in [-0.1, -0.05) is 18.6 Å². The van der Waals surface area contributed by atoms with E-state index in [1.165, 1.54) is 0 Å². The SMILES string of the molecule is CCOc1cccc(CNC(=O)N(C)CC2CCCC2O)c1. The third-order valence-corrected chi connectivity index (χ3v) is 4.13. The van der Waals surface area contributed by atoms with Crippen LogP contribution in [0.15, 0.2) is 24.3 Å². The maximum atomic E-state index is 12.1. The number of carbonyl (C=O) groups is 1. The van der Waals surface area contributed by atoms with E-state index in [1.54, 1.807) is 11.9 Å². The molecular formula is C17H26N2O3. The van der Waals surface area contributed by atoms with E-state index >= 15 is 0 Å². The van der Waals surface area contributed by atoms with Gasteiger partial charge in [-0.15, -0.1) is 0 Å². The first kappa shape index (κ1) is 16.6. The highest BCUT2D eigenvalue weighted by Crippen LogP contribution is 2.25. The summed E-state index contributed by atoms with van der Waals surface area (Å²) in [5.74, 6) is 1.02. The van der Waals surface area contributed by atoms with E-state index in [4.69, 9.17) is 4.74 Å². The standard InChI is InChI=1S/C17H26N2O3/c1-3-22-15-8-4-6-13(10-15)11-18-17(21)19(2)12-14-7-5-9-16(14)20/h4,6,8,10,14,16,20H,3,5,7,9,11-12H2,1-2H3,(H,18,21). The molecule has 0 bridgehead atoms. The van der Waals surface area contributed by atoms with Gasteiger partial charge in [-0.25, -0.2) is 4.79 Å². The van der Waals surface area contributed by atoms with Crippen LogP contribution in [0.3, 0.4) is 0 Å². The molecule has 1 saturated carbocycles. The van der Waals surface area contributed by atoms with Crippen molar-refractivity contribution in [1.29, 1.82) is 0 Å². The lowest BCUT2D eigenvalue weighted by Gasteiger charge is -2.23. The number of ether oxygens (including phenoxy) is 1. The molecule has 0 spiro atoms. The van der Waals surface area contributed by atoms with Gasteiger partial charge >= 0.3 is 6.03 Å². The molecule has 1 fully saturated rings. The lowest BCUT2D eigenvalue weighted by atomic mass is 10.1. The van der Waals surface area contributed by atoms with E-state index in [0.29, 0.717) is 19.7 Å². The first-order valence-electron chi connectivity index (χ1n) is 7.99. The first-order chi connectivity index (χ1) is 10.6. The van der Waals surface area contributed by atoms with Crippen LogP contribution < -0.4 is 10.1 Å². The van der Waals surface area contributed by atoms with Crippen molar-refractivity contribution in [3.8, 4) is 5.75 Å². The molecule has 0 aromatic heterocycles. The second-order valence-electron chi connectivity index (χ2n) is 5.88. The quantitative estimate of drug-likeness (QED) is 0.848. The molecule has 5 nitrogen and oxygen atoms in total. The number of nitrogens with one attached hydrogen (secondary N) is 1. The number of nitrogens with zero attached hydrogens (tertiary/aromatic N) is 1. The molecular weight excluding hydrogens is 280 g/mol. The number of aliphatic hydroxyl groups excluding tert-OH is 1. The highest BCUT2D eigenvalue weighted by Gasteiger charge is 2.27. The number of benzene rings is 1. The van der Waals surface area contributed by atoms with Crippen LogP contribution in [0.25, 0.3) is 0 Å². The minimum atomic E-state index is -0.266. The number of carbonyl (C=O) groups excluding carboxylic acids is 1. The summed E-state index contributed by atoms with van der Waals surface area (Å²) >= 11 is 0. The fourth-order valence-electron chi connectivity index (χ4n) is 2.89. The third-order valence-electron chi connectivity index (χ3n) is 4.13. The Bertz CT molecular complexity index is 493. The average Bonchev–Trinajstić information content (AvgIpc) is 2.91. The van der Waals surface area contributed by atoms with E-state index in [2.05, 4.69) is 5.32 Å². The smallest absolute Gasteiger partial charge is 0.317 e. The van der Waals surface area contributed by atoms with Gasteiger partial charge in [0.25, 0.3) is 0 Å². The van der Waals surface area contributed by atoms with Gasteiger partial charge in [0.1, 0.15) is 5.75 Å². The minimum Gasteiger partial charge on any atom is -0.494 e. The summed E-state index contributed by atoms with van der Waals surface area (Å²) in [5, 5.41) is 12.7. The van der Waals surface area contributed by atoms with Crippen molar-refractivity contribution in [2.75, 3.05) is 20.2 Å². The topological polar surface area (TPSA) is 61.8 Å². The van der Waals surface area contributed by atoms with Crippen LogP contribution in [-0.4, -0.2) is 42.3 Å². The van der Waals surface area contributed by atoms with Gasteiger partial charge in [0, 0.05) is 26.1 Å². The Labute approximate surface area is 132 Å². The predicted molar refractivity (Wildman–Crippen MR) is 85.8 cm³/mol. The van der Waals surface area contributed by atoms with Crippen LogP contribution in [0.5, 0.6) is 5.75 Å². The number of hydrogen-bond donors (Lipinski definition) is 2. The summed E-state index contributed by atoms with van der Waals surface area (Å²) in [6.45, 7) is 3.65. The zero-order valence-corrected chi connectivity index (χ0v) is 13.4.